The molecule has 0 unspecified atom stereocenters. The minimum absolute atomic E-state index is 0.148. The van der Waals surface area contributed by atoms with Crippen molar-refractivity contribution < 1.29 is 32.1 Å². The summed E-state index contributed by atoms with van der Waals surface area (Å²) in [6, 6.07) is 13.9. The third-order valence-corrected chi connectivity index (χ3v) is 7.31. The van der Waals surface area contributed by atoms with E-state index in [1.807, 2.05) is 32.9 Å². The summed E-state index contributed by atoms with van der Waals surface area (Å²) in [7, 11) is 3.61. The van der Waals surface area contributed by atoms with Gasteiger partial charge in [-0.3, -0.25) is 4.72 Å². The lowest BCUT2D eigenvalue weighted by atomic mass is 9.87. The Bertz CT molecular complexity index is 1400. The molecule has 0 heterocycles. The van der Waals surface area contributed by atoms with Crippen molar-refractivity contribution in [2.45, 2.75) is 31.1 Å². The van der Waals surface area contributed by atoms with Gasteiger partial charge in [-0.2, -0.15) is 0 Å². The third-order valence-electron chi connectivity index (χ3n) is 5.97. The standard InChI is InChI=1S/C29H35NO7S/c1-29(2,3)21-10-9-11-22(18-21)38(31,32)30-26-20(14-15-23(33-4)28(26)37-8)13-12-19-16-24(34-5)27(36-7)25(17-19)35-6/h9-18,30H,1-8H3. The van der Waals surface area contributed by atoms with Gasteiger partial charge >= 0.3 is 0 Å². The van der Waals surface area contributed by atoms with E-state index in [9.17, 15) is 8.42 Å². The van der Waals surface area contributed by atoms with Crippen LogP contribution < -0.4 is 28.4 Å². The monoisotopic (exact) mass is 541 g/mol. The molecule has 3 aromatic carbocycles. The number of ether oxygens (including phenoxy) is 5. The van der Waals surface area contributed by atoms with Crippen molar-refractivity contribution in [3.05, 3.63) is 65.2 Å². The molecule has 0 bridgehead atoms. The van der Waals surface area contributed by atoms with E-state index >= 15 is 0 Å². The first-order valence-electron chi connectivity index (χ1n) is 11.9. The second-order valence-corrected chi connectivity index (χ2v) is 11.1. The van der Waals surface area contributed by atoms with Crippen LogP contribution in [0.1, 0.15) is 37.5 Å². The van der Waals surface area contributed by atoms with Crippen LogP contribution in [0.5, 0.6) is 28.7 Å². The fraction of sp³-hybridized carbons (Fsp3) is 0.310. The molecule has 0 saturated carbocycles. The van der Waals surface area contributed by atoms with Crippen LogP contribution in [-0.4, -0.2) is 44.0 Å². The maximum Gasteiger partial charge on any atom is 0.262 e. The Balaban J connectivity index is 2.11. The van der Waals surface area contributed by atoms with E-state index in [0.29, 0.717) is 28.6 Å². The summed E-state index contributed by atoms with van der Waals surface area (Å²) in [5.74, 6) is 2.12. The lowest BCUT2D eigenvalue weighted by Crippen LogP contribution is -2.17. The van der Waals surface area contributed by atoms with Crippen LogP contribution in [-0.2, 0) is 15.4 Å². The lowest BCUT2D eigenvalue weighted by molar-refractivity contribution is 0.324. The molecule has 0 aliphatic heterocycles. The molecule has 1 N–H and O–H groups in total. The zero-order valence-electron chi connectivity index (χ0n) is 23.0. The molecule has 0 fully saturated rings. The number of hydrogen-bond donors (Lipinski definition) is 1. The highest BCUT2D eigenvalue weighted by Gasteiger charge is 2.23. The highest BCUT2D eigenvalue weighted by Crippen LogP contribution is 2.41. The smallest absolute Gasteiger partial charge is 0.262 e. The molecule has 0 aliphatic carbocycles. The maximum atomic E-state index is 13.5. The zero-order chi connectivity index (χ0) is 28.1. The lowest BCUT2D eigenvalue weighted by Gasteiger charge is -2.21. The van der Waals surface area contributed by atoms with Gasteiger partial charge in [-0.1, -0.05) is 45.1 Å². The van der Waals surface area contributed by atoms with E-state index in [2.05, 4.69) is 4.72 Å². The summed E-state index contributed by atoms with van der Waals surface area (Å²) in [5, 5.41) is 0. The Hall–Kier alpha value is -3.85. The fourth-order valence-corrected chi connectivity index (χ4v) is 5.03. The van der Waals surface area contributed by atoms with Gasteiger partial charge < -0.3 is 23.7 Å². The van der Waals surface area contributed by atoms with Crippen LogP contribution >= 0.6 is 0 Å². The first-order valence-corrected chi connectivity index (χ1v) is 13.3. The SMILES string of the molecule is COc1cc(C=Cc2ccc(OC)c(OC)c2NS(=O)(=O)c2cccc(C(C)(C)C)c2)cc(OC)c1OC. The minimum Gasteiger partial charge on any atom is -0.493 e. The van der Waals surface area contributed by atoms with Gasteiger partial charge in [0, 0.05) is 5.56 Å². The Morgan fingerprint density at radius 3 is 1.84 bits per heavy atom. The second kappa shape index (κ2) is 11.7. The molecule has 0 aromatic heterocycles. The van der Waals surface area contributed by atoms with Crippen LogP contribution in [0.4, 0.5) is 5.69 Å². The molecule has 3 aromatic rings. The molecule has 38 heavy (non-hydrogen) atoms. The Kier molecular flexibility index (Phi) is 8.83. The highest BCUT2D eigenvalue weighted by molar-refractivity contribution is 7.92. The quantitative estimate of drug-likeness (QED) is 0.315. The normalized spacial score (nSPS) is 11.8. The minimum atomic E-state index is -3.97. The predicted molar refractivity (Wildman–Crippen MR) is 151 cm³/mol. The number of methoxy groups -OCH3 is 5. The van der Waals surface area contributed by atoms with Gasteiger partial charge in [-0.25, -0.2) is 8.42 Å². The maximum absolute atomic E-state index is 13.5. The molecule has 0 aliphatic rings. The average Bonchev–Trinajstić information content (AvgIpc) is 2.90. The van der Waals surface area contributed by atoms with E-state index in [0.717, 1.165) is 11.1 Å². The fourth-order valence-electron chi connectivity index (χ4n) is 3.89. The number of hydrogen-bond acceptors (Lipinski definition) is 7. The summed E-state index contributed by atoms with van der Waals surface area (Å²) in [4.78, 5) is 0.148. The first kappa shape index (κ1) is 28.7. The topological polar surface area (TPSA) is 92.3 Å². The van der Waals surface area contributed by atoms with Crippen molar-refractivity contribution in [1.29, 1.82) is 0 Å². The van der Waals surface area contributed by atoms with Crippen LogP contribution in [0.3, 0.4) is 0 Å². The van der Waals surface area contributed by atoms with E-state index in [1.165, 1.54) is 21.3 Å². The Morgan fingerprint density at radius 2 is 1.32 bits per heavy atom. The number of anilines is 1. The predicted octanol–water partition coefficient (Wildman–Crippen LogP) is 6.00. The van der Waals surface area contributed by atoms with Crippen molar-refractivity contribution in [3.8, 4) is 28.7 Å². The van der Waals surface area contributed by atoms with Gasteiger partial charge in [0.2, 0.25) is 5.75 Å². The Labute approximate surface area is 225 Å². The summed E-state index contributed by atoms with van der Waals surface area (Å²) in [6.07, 6.45) is 3.58. The van der Waals surface area contributed by atoms with E-state index in [1.54, 1.807) is 62.8 Å². The van der Waals surface area contributed by atoms with Gasteiger partial charge in [-0.05, 0) is 52.9 Å². The van der Waals surface area contributed by atoms with Gasteiger partial charge in [0.15, 0.2) is 23.0 Å². The summed E-state index contributed by atoms with van der Waals surface area (Å²) < 4.78 is 57.1. The number of nitrogens with one attached hydrogen (secondary N) is 1. The largest absolute Gasteiger partial charge is 0.493 e. The molecule has 3 rings (SSSR count). The summed E-state index contributed by atoms with van der Waals surface area (Å²) in [6.45, 7) is 6.09. The number of rotatable bonds is 10. The molecule has 0 amide bonds. The summed E-state index contributed by atoms with van der Waals surface area (Å²) >= 11 is 0. The zero-order valence-corrected chi connectivity index (χ0v) is 23.9. The van der Waals surface area contributed by atoms with Crippen molar-refractivity contribution in [3.63, 3.8) is 0 Å². The van der Waals surface area contributed by atoms with Crippen molar-refractivity contribution in [2.24, 2.45) is 0 Å². The van der Waals surface area contributed by atoms with E-state index < -0.39 is 10.0 Å². The highest BCUT2D eigenvalue weighted by atomic mass is 32.2. The van der Waals surface area contributed by atoms with Crippen molar-refractivity contribution in [2.75, 3.05) is 40.3 Å². The van der Waals surface area contributed by atoms with Crippen molar-refractivity contribution >= 4 is 27.9 Å². The van der Waals surface area contributed by atoms with Crippen LogP contribution in [0.15, 0.2) is 53.4 Å². The van der Waals surface area contributed by atoms with Gasteiger partial charge in [0.1, 0.15) is 5.69 Å². The molecule has 204 valence electrons. The van der Waals surface area contributed by atoms with Gasteiger partial charge in [0.05, 0.1) is 40.4 Å². The van der Waals surface area contributed by atoms with Crippen LogP contribution in [0, 0.1) is 0 Å². The molecule has 0 radical (unpaired) electrons. The van der Waals surface area contributed by atoms with E-state index in [-0.39, 0.29) is 21.7 Å². The number of sulfonamides is 1. The molecule has 0 atom stereocenters. The molecular weight excluding hydrogens is 506 g/mol. The van der Waals surface area contributed by atoms with Crippen LogP contribution in [0.25, 0.3) is 12.2 Å². The van der Waals surface area contributed by atoms with Crippen molar-refractivity contribution in [1.82, 2.24) is 0 Å². The number of benzene rings is 3. The first-order chi connectivity index (χ1) is 18.0. The molecule has 8 nitrogen and oxygen atoms in total. The molecule has 9 heteroatoms. The molecular formula is C29H35NO7S. The van der Waals surface area contributed by atoms with Gasteiger partial charge in [0.25, 0.3) is 10.0 Å². The molecule has 0 saturated heterocycles. The summed E-state index contributed by atoms with van der Waals surface area (Å²) in [5.41, 5.74) is 2.25. The van der Waals surface area contributed by atoms with Crippen LogP contribution in [0.2, 0.25) is 0 Å². The Morgan fingerprint density at radius 1 is 0.711 bits per heavy atom. The third kappa shape index (κ3) is 6.16. The van der Waals surface area contributed by atoms with E-state index in [4.69, 9.17) is 23.7 Å². The second-order valence-electron chi connectivity index (χ2n) is 9.44. The average molecular weight is 542 g/mol. The molecule has 0 spiro atoms. The van der Waals surface area contributed by atoms with Gasteiger partial charge in [-0.15, -0.1) is 0 Å².